The number of carbonyl (C=O) groups is 1. The van der Waals surface area contributed by atoms with Crippen molar-refractivity contribution in [3.63, 3.8) is 0 Å². The van der Waals surface area contributed by atoms with E-state index in [-0.39, 0.29) is 12.0 Å². The van der Waals surface area contributed by atoms with Crippen molar-refractivity contribution in [2.45, 2.75) is 6.10 Å². The first-order chi connectivity index (χ1) is 12.8. The molecule has 1 fully saturated rings. The zero-order valence-corrected chi connectivity index (χ0v) is 14.5. The molecule has 26 heavy (non-hydrogen) atoms. The first-order valence-corrected chi connectivity index (χ1v) is 8.92. The van der Waals surface area contributed by atoms with Crippen LogP contribution >= 0.6 is 0 Å². The second kappa shape index (κ2) is 7.54. The highest BCUT2D eigenvalue weighted by Crippen LogP contribution is 2.25. The van der Waals surface area contributed by atoms with Crippen LogP contribution in [0.5, 0.6) is 0 Å². The summed E-state index contributed by atoms with van der Waals surface area (Å²) in [5, 5.41) is 0. The predicted octanol–water partition coefficient (Wildman–Crippen LogP) is 4.57. The lowest BCUT2D eigenvalue weighted by Gasteiger charge is -2.33. The number of ether oxygens (including phenoxy) is 1. The molecule has 1 unspecified atom stereocenters. The van der Waals surface area contributed by atoms with Crippen LogP contribution in [0.15, 0.2) is 84.9 Å². The monoisotopic (exact) mass is 343 g/mol. The highest BCUT2D eigenvalue weighted by Gasteiger charge is 2.26. The van der Waals surface area contributed by atoms with Gasteiger partial charge in [0.25, 0.3) is 5.91 Å². The summed E-state index contributed by atoms with van der Waals surface area (Å²) in [4.78, 5) is 14.9. The summed E-state index contributed by atoms with van der Waals surface area (Å²) in [6.07, 6.45) is -0.0637. The Balaban J connectivity index is 1.54. The third-order valence-corrected chi connectivity index (χ3v) is 4.74. The number of amides is 1. The van der Waals surface area contributed by atoms with E-state index in [1.807, 2.05) is 65.6 Å². The second-order valence-corrected chi connectivity index (χ2v) is 6.47. The normalized spacial score (nSPS) is 17.1. The Morgan fingerprint density at radius 2 is 1.54 bits per heavy atom. The van der Waals surface area contributed by atoms with Gasteiger partial charge in [0.2, 0.25) is 0 Å². The molecular formula is C23H21NO2. The molecule has 1 heterocycles. The minimum atomic E-state index is -0.0637. The largest absolute Gasteiger partial charge is 0.370 e. The average molecular weight is 343 g/mol. The van der Waals surface area contributed by atoms with Crippen molar-refractivity contribution in [1.29, 1.82) is 0 Å². The van der Waals surface area contributed by atoms with E-state index in [4.69, 9.17) is 4.74 Å². The van der Waals surface area contributed by atoms with Crippen LogP contribution in [0.1, 0.15) is 22.0 Å². The van der Waals surface area contributed by atoms with Crippen molar-refractivity contribution in [1.82, 2.24) is 4.90 Å². The SMILES string of the molecule is O=C(c1cccc(-c2ccccc2)c1)N1CCOC(c2ccccc2)C1. The van der Waals surface area contributed by atoms with Crippen LogP contribution in [0.3, 0.4) is 0 Å². The van der Waals surface area contributed by atoms with E-state index in [9.17, 15) is 4.79 Å². The number of nitrogens with zero attached hydrogens (tertiary/aromatic N) is 1. The Hall–Kier alpha value is -2.91. The Kier molecular flexibility index (Phi) is 4.80. The number of hydrogen-bond donors (Lipinski definition) is 0. The number of benzene rings is 3. The quantitative estimate of drug-likeness (QED) is 0.697. The molecule has 0 aromatic heterocycles. The van der Waals surface area contributed by atoms with Crippen LogP contribution in [-0.4, -0.2) is 30.5 Å². The number of hydrogen-bond acceptors (Lipinski definition) is 2. The molecule has 0 saturated carbocycles. The zero-order chi connectivity index (χ0) is 17.8. The van der Waals surface area contributed by atoms with Gasteiger partial charge in [0, 0.05) is 12.1 Å². The maximum atomic E-state index is 13.0. The fraction of sp³-hybridized carbons (Fsp3) is 0.174. The average Bonchev–Trinajstić information content (AvgIpc) is 2.75. The summed E-state index contributed by atoms with van der Waals surface area (Å²) in [7, 11) is 0. The summed E-state index contributed by atoms with van der Waals surface area (Å²) in [5.41, 5.74) is 4.01. The lowest BCUT2D eigenvalue weighted by molar-refractivity contribution is -0.0228. The Morgan fingerprint density at radius 3 is 2.31 bits per heavy atom. The van der Waals surface area contributed by atoms with Crippen molar-refractivity contribution in [2.24, 2.45) is 0 Å². The van der Waals surface area contributed by atoms with Crippen molar-refractivity contribution >= 4 is 5.91 Å². The maximum absolute atomic E-state index is 13.0. The van der Waals surface area contributed by atoms with Crippen molar-refractivity contribution in [2.75, 3.05) is 19.7 Å². The van der Waals surface area contributed by atoms with Crippen LogP contribution in [0.2, 0.25) is 0 Å². The van der Waals surface area contributed by atoms with Gasteiger partial charge < -0.3 is 9.64 Å². The highest BCUT2D eigenvalue weighted by molar-refractivity contribution is 5.95. The molecule has 0 radical (unpaired) electrons. The smallest absolute Gasteiger partial charge is 0.254 e. The molecule has 0 aliphatic carbocycles. The predicted molar refractivity (Wildman–Crippen MR) is 103 cm³/mol. The molecule has 0 bridgehead atoms. The highest BCUT2D eigenvalue weighted by atomic mass is 16.5. The van der Waals surface area contributed by atoms with Gasteiger partial charge in [0.1, 0.15) is 6.10 Å². The van der Waals surface area contributed by atoms with Crippen molar-refractivity contribution in [3.05, 3.63) is 96.1 Å². The molecule has 3 aromatic carbocycles. The standard InChI is InChI=1S/C23H21NO2/c25-23(21-13-7-12-20(16-21)18-8-3-1-4-9-18)24-14-15-26-22(17-24)19-10-5-2-6-11-19/h1-13,16,22H,14-15,17H2. The Morgan fingerprint density at radius 1 is 0.846 bits per heavy atom. The van der Waals surface area contributed by atoms with E-state index in [0.717, 1.165) is 22.3 Å². The molecule has 3 nitrogen and oxygen atoms in total. The zero-order valence-electron chi connectivity index (χ0n) is 14.5. The van der Waals surface area contributed by atoms with E-state index < -0.39 is 0 Å². The van der Waals surface area contributed by atoms with E-state index in [0.29, 0.717) is 19.7 Å². The molecule has 1 aliphatic heterocycles. The summed E-state index contributed by atoms with van der Waals surface area (Å²) in [6, 6.07) is 28.1. The number of rotatable bonds is 3. The van der Waals surface area contributed by atoms with Crippen LogP contribution < -0.4 is 0 Å². The topological polar surface area (TPSA) is 29.5 Å². The molecule has 1 saturated heterocycles. The van der Waals surface area contributed by atoms with Crippen molar-refractivity contribution in [3.8, 4) is 11.1 Å². The van der Waals surface area contributed by atoms with Gasteiger partial charge >= 0.3 is 0 Å². The van der Waals surface area contributed by atoms with Crippen molar-refractivity contribution < 1.29 is 9.53 Å². The van der Waals surface area contributed by atoms with Gasteiger partial charge in [-0.3, -0.25) is 4.79 Å². The first-order valence-electron chi connectivity index (χ1n) is 8.92. The van der Waals surface area contributed by atoms with Crippen LogP contribution in [0.25, 0.3) is 11.1 Å². The van der Waals surface area contributed by atoms with Gasteiger partial charge in [0.05, 0.1) is 13.2 Å². The molecule has 0 spiro atoms. The van der Waals surface area contributed by atoms with E-state index in [2.05, 4.69) is 24.3 Å². The molecule has 130 valence electrons. The molecule has 1 amide bonds. The van der Waals surface area contributed by atoms with Crippen LogP contribution in [0, 0.1) is 0 Å². The fourth-order valence-corrected chi connectivity index (χ4v) is 3.35. The third-order valence-electron chi connectivity index (χ3n) is 4.74. The molecule has 3 aromatic rings. The summed E-state index contributed by atoms with van der Waals surface area (Å²) >= 11 is 0. The molecule has 4 rings (SSSR count). The van der Waals surface area contributed by atoms with E-state index in [1.54, 1.807) is 0 Å². The summed E-state index contributed by atoms with van der Waals surface area (Å²) < 4.78 is 5.88. The fourth-order valence-electron chi connectivity index (χ4n) is 3.35. The molecule has 3 heteroatoms. The van der Waals surface area contributed by atoms with Gasteiger partial charge in [0.15, 0.2) is 0 Å². The summed E-state index contributed by atoms with van der Waals surface area (Å²) in [5.74, 6) is 0.0620. The minimum Gasteiger partial charge on any atom is -0.370 e. The second-order valence-electron chi connectivity index (χ2n) is 6.47. The van der Waals surface area contributed by atoms with Gasteiger partial charge in [-0.15, -0.1) is 0 Å². The van der Waals surface area contributed by atoms with Gasteiger partial charge in [-0.25, -0.2) is 0 Å². The Labute approximate surface area is 153 Å². The van der Waals surface area contributed by atoms with Gasteiger partial charge in [-0.05, 0) is 28.8 Å². The van der Waals surface area contributed by atoms with Crippen LogP contribution in [-0.2, 0) is 4.74 Å². The molecule has 1 atom stereocenters. The minimum absolute atomic E-state index is 0.0620. The molecule has 0 N–H and O–H groups in total. The molecule has 1 aliphatic rings. The lowest BCUT2D eigenvalue weighted by Crippen LogP contribution is -2.42. The lowest BCUT2D eigenvalue weighted by atomic mass is 10.0. The molecular weight excluding hydrogens is 322 g/mol. The third kappa shape index (κ3) is 3.53. The Bertz CT molecular complexity index is 877. The maximum Gasteiger partial charge on any atom is 0.254 e. The number of carbonyl (C=O) groups excluding carboxylic acids is 1. The number of morpholine rings is 1. The van der Waals surface area contributed by atoms with E-state index >= 15 is 0 Å². The summed E-state index contributed by atoms with van der Waals surface area (Å²) in [6.45, 7) is 1.76. The van der Waals surface area contributed by atoms with Gasteiger partial charge in [-0.1, -0.05) is 72.8 Å². The van der Waals surface area contributed by atoms with E-state index in [1.165, 1.54) is 0 Å². The first kappa shape index (κ1) is 16.6. The van der Waals surface area contributed by atoms with Crippen LogP contribution in [0.4, 0.5) is 0 Å². The van der Waals surface area contributed by atoms with Gasteiger partial charge in [-0.2, -0.15) is 0 Å².